The highest BCUT2D eigenvalue weighted by Gasteiger charge is 2.09. The molecule has 0 radical (unpaired) electrons. The van der Waals surface area contributed by atoms with Crippen molar-refractivity contribution in [3.63, 3.8) is 0 Å². The summed E-state index contributed by atoms with van der Waals surface area (Å²) in [4.78, 5) is 27.1. The van der Waals surface area contributed by atoms with Crippen LogP contribution in [0, 0.1) is 5.82 Å². The van der Waals surface area contributed by atoms with Crippen LogP contribution in [0.5, 0.6) is 0 Å². The summed E-state index contributed by atoms with van der Waals surface area (Å²) < 4.78 is 13.8. The van der Waals surface area contributed by atoms with Crippen LogP contribution in [0.1, 0.15) is 17.3 Å². The first kappa shape index (κ1) is 15.2. The van der Waals surface area contributed by atoms with E-state index in [2.05, 4.69) is 10.3 Å². The van der Waals surface area contributed by atoms with Crippen molar-refractivity contribution in [2.75, 3.05) is 11.1 Å². The lowest BCUT2D eigenvalue weighted by Gasteiger charge is -2.06. The molecule has 1 aromatic carbocycles. The fourth-order valence-corrected chi connectivity index (χ4v) is 2.33. The van der Waals surface area contributed by atoms with E-state index in [9.17, 15) is 14.0 Å². The first-order valence-electron chi connectivity index (χ1n) is 6.19. The lowest BCUT2D eigenvalue weighted by atomic mass is 10.1. The number of nitrogens with zero attached hydrogens (tertiary/aromatic N) is 1. The Hall–Kier alpha value is -2.21. The Kier molecular flexibility index (Phi) is 5.05. The summed E-state index contributed by atoms with van der Waals surface area (Å²) in [6.07, 6.45) is 3.14. The second-order valence-electron chi connectivity index (χ2n) is 4.28. The zero-order valence-electron chi connectivity index (χ0n) is 11.3. The zero-order chi connectivity index (χ0) is 15.2. The van der Waals surface area contributed by atoms with Crippen LogP contribution in [-0.2, 0) is 4.79 Å². The normalized spacial score (nSPS) is 10.2. The summed E-state index contributed by atoms with van der Waals surface area (Å²) in [7, 11) is 0. The molecule has 0 spiro atoms. The van der Waals surface area contributed by atoms with Gasteiger partial charge in [-0.3, -0.25) is 14.6 Å². The molecule has 21 heavy (non-hydrogen) atoms. The van der Waals surface area contributed by atoms with E-state index < -0.39 is 5.82 Å². The molecule has 1 heterocycles. The van der Waals surface area contributed by atoms with Gasteiger partial charge in [-0.1, -0.05) is 6.07 Å². The van der Waals surface area contributed by atoms with E-state index >= 15 is 0 Å². The van der Waals surface area contributed by atoms with Crippen LogP contribution in [0.4, 0.5) is 10.1 Å². The first-order valence-corrected chi connectivity index (χ1v) is 7.18. The second kappa shape index (κ2) is 6.99. The summed E-state index contributed by atoms with van der Waals surface area (Å²) in [5.74, 6) is -0.865. The van der Waals surface area contributed by atoms with Gasteiger partial charge in [-0.15, -0.1) is 11.8 Å². The topological polar surface area (TPSA) is 59.1 Å². The van der Waals surface area contributed by atoms with E-state index in [0.29, 0.717) is 16.1 Å². The third-order valence-electron chi connectivity index (χ3n) is 2.64. The average Bonchev–Trinajstić information content (AvgIpc) is 2.47. The Labute approximate surface area is 125 Å². The number of carbonyl (C=O) groups is 2. The SMILES string of the molecule is CC(=O)c1ccc(SCC(=O)Nc2cccnc2)c(F)c1. The number of ketones is 1. The molecule has 1 amide bonds. The fraction of sp³-hybridized carbons (Fsp3) is 0.133. The van der Waals surface area contributed by atoms with Crippen molar-refractivity contribution >= 4 is 29.1 Å². The van der Waals surface area contributed by atoms with E-state index in [1.807, 2.05) is 0 Å². The lowest BCUT2D eigenvalue weighted by molar-refractivity contribution is -0.113. The molecule has 6 heteroatoms. The Morgan fingerprint density at radius 3 is 2.76 bits per heavy atom. The van der Waals surface area contributed by atoms with Crippen LogP contribution in [0.25, 0.3) is 0 Å². The van der Waals surface area contributed by atoms with E-state index in [0.717, 1.165) is 11.8 Å². The number of halogens is 1. The Balaban J connectivity index is 1.94. The van der Waals surface area contributed by atoms with Crippen LogP contribution >= 0.6 is 11.8 Å². The van der Waals surface area contributed by atoms with Gasteiger partial charge in [0.2, 0.25) is 5.91 Å². The van der Waals surface area contributed by atoms with Gasteiger partial charge in [-0.2, -0.15) is 0 Å². The van der Waals surface area contributed by atoms with Gasteiger partial charge in [-0.25, -0.2) is 4.39 Å². The van der Waals surface area contributed by atoms with E-state index in [1.54, 1.807) is 24.4 Å². The maximum atomic E-state index is 13.8. The number of Topliss-reactive ketones (excluding diaryl/α,β-unsaturated/α-hetero) is 1. The predicted octanol–water partition coefficient (Wildman–Crippen LogP) is 3.15. The van der Waals surface area contributed by atoms with Crippen LogP contribution in [0.3, 0.4) is 0 Å². The third kappa shape index (κ3) is 4.39. The molecule has 0 saturated carbocycles. The van der Waals surface area contributed by atoms with Crippen molar-refractivity contribution in [3.8, 4) is 0 Å². The van der Waals surface area contributed by atoms with Crippen molar-refractivity contribution in [3.05, 3.63) is 54.1 Å². The highest BCUT2D eigenvalue weighted by molar-refractivity contribution is 8.00. The van der Waals surface area contributed by atoms with Gasteiger partial charge in [-0.05, 0) is 31.2 Å². The van der Waals surface area contributed by atoms with E-state index in [4.69, 9.17) is 0 Å². The molecule has 1 N–H and O–H groups in total. The van der Waals surface area contributed by atoms with Crippen molar-refractivity contribution < 1.29 is 14.0 Å². The maximum absolute atomic E-state index is 13.8. The Morgan fingerprint density at radius 2 is 2.14 bits per heavy atom. The number of thioether (sulfide) groups is 1. The molecular weight excluding hydrogens is 291 g/mol. The Morgan fingerprint density at radius 1 is 1.33 bits per heavy atom. The van der Waals surface area contributed by atoms with Crippen molar-refractivity contribution in [2.45, 2.75) is 11.8 Å². The number of benzene rings is 1. The van der Waals surface area contributed by atoms with Crippen LogP contribution in [0.15, 0.2) is 47.6 Å². The van der Waals surface area contributed by atoms with Gasteiger partial charge in [0.05, 0.1) is 17.6 Å². The number of anilines is 1. The average molecular weight is 304 g/mol. The molecule has 0 aliphatic rings. The van der Waals surface area contributed by atoms with Crippen LogP contribution < -0.4 is 5.32 Å². The molecule has 108 valence electrons. The van der Waals surface area contributed by atoms with E-state index in [-0.39, 0.29) is 17.4 Å². The number of amides is 1. The largest absolute Gasteiger partial charge is 0.324 e. The second-order valence-corrected chi connectivity index (χ2v) is 5.30. The van der Waals surface area contributed by atoms with Gasteiger partial charge in [0.15, 0.2) is 5.78 Å². The molecule has 0 aliphatic carbocycles. The first-order chi connectivity index (χ1) is 10.1. The van der Waals surface area contributed by atoms with Crippen molar-refractivity contribution in [2.24, 2.45) is 0 Å². The summed E-state index contributed by atoms with van der Waals surface area (Å²) in [5, 5.41) is 2.66. The number of pyridine rings is 1. The molecule has 0 aliphatic heterocycles. The minimum absolute atomic E-state index is 0.0746. The number of hydrogen-bond donors (Lipinski definition) is 1. The van der Waals surface area contributed by atoms with Gasteiger partial charge >= 0.3 is 0 Å². The number of nitrogens with one attached hydrogen (secondary N) is 1. The molecule has 0 atom stereocenters. The highest BCUT2D eigenvalue weighted by Crippen LogP contribution is 2.23. The summed E-state index contributed by atoms with van der Waals surface area (Å²) in [6, 6.07) is 7.67. The number of carbonyl (C=O) groups excluding carboxylic acids is 2. The zero-order valence-corrected chi connectivity index (χ0v) is 12.1. The minimum atomic E-state index is -0.498. The maximum Gasteiger partial charge on any atom is 0.234 e. The monoisotopic (exact) mass is 304 g/mol. The van der Waals surface area contributed by atoms with Gasteiger partial charge in [0.25, 0.3) is 0 Å². The molecule has 0 fully saturated rings. The molecule has 4 nitrogen and oxygen atoms in total. The quantitative estimate of drug-likeness (QED) is 0.681. The molecular formula is C15H13FN2O2S. The molecule has 1 aromatic heterocycles. The summed E-state index contributed by atoms with van der Waals surface area (Å²) >= 11 is 1.08. The highest BCUT2D eigenvalue weighted by atomic mass is 32.2. The number of rotatable bonds is 5. The predicted molar refractivity (Wildman–Crippen MR) is 80.0 cm³/mol. The number of aromatic nitrogens is 1. The number of hydrogen-bond acceptors (Lipinski definition) is 4. The molecule has 0 saturated heterocycles. The third-order valence-corrected chi connectivity index (χ3v) is 3.69. The van der Waals surface area contributed by atoms with Crippen LogP contribution in [-0.4, -0.2) is 22.4 Å². The fourth-order valence-electron chi connectivity index (χ4n) is 1.61. The molecule has 2 rings (SSSR count). The minimum Gasteiger partial charge on any atom is -0.324 e. The van der Waals surface area contributed by atoms with E-state index in [1.165, 1.54) is 25.3 Å². The van der Waals surface area contributed by atoms with Crippen molar-refractivity contribution in [1.82, 2.24) is 4.98 Å². The standard InChI is InChI=1S/C15H13FN2O2S/c1-10(19)11-4-5-14(13(16)7-11)21-9-15(20)18-12-3-2-6-17-8-12/h2-8H,9H2,1H3,(H,18,20). The van der Waals surface area contributed by atoms with Gasteiger partial charge < -0.3 is 5.32 Å². The molecule has 0 bridgehead atoms. The van der Waals surface area contributed by atoms with Crippen LogP contribution in [0.2, 0.25) is 0 Å². The lowest BCUT2D eigenvalue weighted by Crippen LogP contribution is -2.14. The Bertz CT molecular complexity index is 662. The molecule has 2 aromatic rings. The van der Waals surface area contributed by atoms with Crippen molar-refractivity contribution in [1.29, 1.82) is 0 Å². The van der Waals surface area contributed by atoms with Gasteiger partial charge in [0, 0.05) is 16.7 Å². The summed E-state index contributed by atoms with van der Waals surface area (Å²) in [6.45, 7) is 1.38. The molecule has 0 unspecified atom stereocenters. The summed E-state index contributed by atoms with van der Waals surface area (Å²) in [5.41, 5.74) is 0.909. The van der Waals surface area contributed by atoms with Gasteiger partial charge in [0.1, 0.15) is 5.82 Å². The smallest absolute Gasteiger partial charge is 0.234 e.